The van der Waals surface area contributed by atoms with E-state index in [4.69, 9.17) is 0 Å². The molecule has 6 nitrogen and oxygen atoms in total. The number of aryl methyl sites for hydroxylation is 1. The molecule has 1 fully saturated rings. The Balaban J connectivity index is 1.56. The molecule has 7 heteroatoms. The lowest BCUT2D eigenvalue weighted by atomic mass is 9.96. The van der Waals surface area contributed by atoms with Crippen LogP contribution in [-0.4, -0.2) is 58.2 Å². The largest absolute Gasteiger partial charge is 0.337 e. The van der Waals surface area contributed by atoms with Crippen molar-refractivity contribution in [2.75, 3.05) is 32.7 Å². The molecule has 1 aliphatic heterocycles. The molecule has 0 radical (unpaired) electrons. The minimum atomic E-state index is -0.231. The topological polar surface area (TPSA) is 58.4 Å². The Labute approximate surface area is 170 Å². The maximum Gasteiger partial charge on any atom is 0.274 e. The number of rotatable bonds is 7. The zero-order valence-electron chi connectivity index (χ0n) is 17.2. The Hall–Kier alpha value is -2.54. The van der Waals surface area contributed by atoms with Crippen LogP contribution >= 0.6 is 0 Å². The lowest BCUT2D eigenvalue weighted by Crippen LogP contribution is -2.43. The number of likely N-dealkylation sites (tertiary alicyclic amines) is 1. The van der Waals surface area contributed by atoms with Crippen molar-refractivity contribution in [3.05, 3.63) is 63.8 Å². The molecule has 3 rings (SSSR count). The molecule has 0 bridgehead atoms. The summed E-state index contributed by atoms with van der Waals surface area (Å²) in [5.41, 5.74) is 1.08. The molecule has 0 N–H and O–H groups in total. The standard InChI is InChI=1S/C22H29FN4O2/c1-3-27(22(29)20-9-10-21(28)25(2)24-20)16-18-7-5-12-26(15-18)13-11-17-6-4-8-19(23)14-17/h4,6,8-10,14,18H,3,5,7,11-13,15-16H2,1-2H3. The Bertz CT molecular complexity index is 898. The molecule has 1 aliphatic rings. The lowest BCUT2D eigenvalue weighted by molar-refractivity contribution is 0.0682. The third-order valence-electron chi connectivity index (χ3n) is 5.54. The minimum Gasteiger partial charge on any atom is -0.337 e. The van der Waals surface area contributed by atoms with Crippen LogP contribution in [0.1, 0.15) is 35.8 Å². The first-order valence-electron chi connectivity index (χ1n) is 10.3. The van der Waals surface area contributed by atoms with Gasteiger partial charge in [0.05, 0.1) is 0 Å². The van der Waals surface area contributed by atoms with Crippen LogP contribution in [0.3, 0.4) is 0 Å². The average Bonchev–Trinajstić information content (AvgIpc) is 2.72. The summed E-state index contributed by atoms with van der Waals surface area (Å²) in [5, 5.41) is 4.09. The van der Waals surface area contributed by atoms with Crippen molar-refractivity contribution in [2.45, 2.75) is 26.2 Å². The van der Waals surface area contributed by atoms with E-state index in [1.807, 2.05) is 17.9 Å². The van der Waals surface area contributed by atoms with Gasteiger partial charge in [-0.3, -0.25) is 9.59 Å². The van der Waals surface area contributed by atoms with Gasteiger partial charge in [0.15, 0.2) is 0 Å². The zero-order valence-corrected chi connectivity index (χ0v) is 17.2. The number of amides is 1. The molecular weight excluding hydrogens is 371 g/mol. The minimum absolute atomic E-state index is 0.139. The highest BCUT2D eigenvalue weighted by atomic mass is 19.1. The third-order valence-corrected chi connectivity index (χ3v) is 5.54. The van der Waals surface area contributed by atoms with Crippen LogP contribution in [0.15, 0.2) is 41.2 Å². The van der Waals surface area contributed by atoms with Crippen molar-refractivity contribution in [3.63, 3.8) is 0 Å². The predicted molar refractivity (Wildman–Crippen MR) is 110 cm³/mol. The lowest BCUT2D eigenvalue weighted by Gasteiger charge is -2.35. The molecular formula is C22H29FN4O2. The fraction of sp³-hybridized carbons (Fsp3) is 0.500. The third kappa shape index (κ3) is 5.73. The smallest absolute Gasteiger partial charge is 0.274 e. The second kappa shape index (κ2) is 9.78. The Kier molecular flexibility index (Phi) is 7.14. The van der Waals surface area contributed by atoms with Crippen LogP contribution in [0.25, 0.3) is 0 Å². The summed E-state index contributed by atoms with van der Waals surface area (Å²) in [4.78, 5) is 28.6. The van der Waals surface area contributed by atoms with Crippen LogP contribution in [0.2, 0.25) is 0 Å². The maximum atomic E-state index is 13.4. The van der Waals surface area contributed by atoms with Gasteiger partial charge in [0.25, 0.3) is 11.5 Å². The number of piperidine rings is 1. The molecule has 2 aromatic rings. The van der Waals surface area contributed by atoms with Gasteiger partial charge in [0.2, 0.25) is 0 Å². The zero-order chi connectivity index (χ0) is 20.8. The number of nitrogens with zero attached hydrogens (tertiary/aromatic N) is 4. The van der Waals surface area contributed by atoms with E-state index < -0.39 is 0 Å². The fourth-order valence-electron chi connectivity index (χ4n) is 3.93. The van der Waals surface area contributed by atoms with Crippen LogP contribution in [-0.2, 0) is 13.5 Å². The molecule has 0 spiro atoms. The highest BCUT2D eigenvalue weighted by molar-refractivity contribution is 5.92. The molecule has 1 atom stereocenters. The molecule has 1 aromatic carbocycles. The van der Waals surface area contributed by atoms with Crippen molar-refractivity contribution in [1.82, 2.24) is 19.6 Å². The van der Waals surface area contributed by atoms with E-state index in [2.05, 4.69) is 10.00 Å². The van der Waals surface area contributed by atoms with Crippen LogP contribution in [0.4, 0.5) is 4.39 Å². The van der Waals surface area contributed by atoms with E-state index in [9.17, 15) is 14.0 Å². The summed E-state index contributed by atoms with van der Waals surface area (Å²) in [7, 11) is 1.55. The number of carbonyl (C=O) groups excluding carboxylic acids is 1. The molecule has 2 heterocycles. The highest BCUT2D eigenvalue weighted by Crippen LogP contribution is 2.19. The normalized spacial score (nSPS) is 17.3. The first-order chi connectivity index (χ1) is 14.0. The summed E-state index contributed by atoms with van der Waals surface area (Å²) in [6.45, 7) is 6.10. The van der Waals surface area contributed by atoms with Gasteiger partial charge in [-0.05, 0) is 62.4 Å². The molecule has 1 aromatic heterocycles. The van der Waals surface area contributed by atoms with E-state index in [0.717, 1.165) is 44.5 Å². The van der Waals surface area contributed by atoms with Crippen molar-refractivity contribution >= 4 is 5.91 Å². The first-order valence-corrected chi connectivity index (χ1v) is 10.3. The van der Waals surface area contributed by atoms with Crippen LogP contribution in [0.5, 0.6) is 0 Å². The molecule has 1 saturated heterocycles. The quantitative estimate of drug-likeness (QED) is 0.716. The fourth-order valence-corrected chi connectivity index (χ4v) is 3.93. The van der Waals surface area contributed by atoms with Crippen molar-refractivity contribution in [3.8, 4) is 0 Å². The molecule has 1 amide bonds. The van der Waals surface area contributed by atoms with Crippen molar-refractivity contribution < 1.29 is 9.18 Å². The SMILES string of the molecule is CCN(CC1CCCN(CCc2cccc(F)c2)C1)C(=O)c1ccc(=O)n(C)n1. The number of hydrogen-bond donors (Lipinski definition) is 0. The molecule has 1 unspecified atom stereocenters. The van der Waals surface area contributed by atoms with E-state index in [1.54, 1.807) is 19.2 Å². The molecule has 0 saturated carbocycles. The van der Waals surface area contributed by atoms with Crippen molar-refractivity contribution in [2.24, 2.45) is 13.0 Å². The number of aromatic nitrogens is 2. The second-order valence-corrected chi connectivity index (χ2v) is 7.71. The van der Waals surface area contributed by atoms with Gasteiger partial charge in [0, 0.05) is 39.3 Å². The van der Waals surface area contributed by atoms with Gasteiger partial charge in [-0.15, -0.1) is 0 Å². The van der Waals surface area contributed by atoms with Gasteiger partial charge in [-0.25, -0.2) is 9.07 Å². The Morgan fingerprint density at radius 3 is 2.86 bits per heavy atom. The maximum absolute atomic E-state index is 13.4. The summed E-state index contributed by atoms with van der Waals surface area (Å²) in [6, 6.07) is 9.65. The van der Waals surface area contributed by atoms with Gasteiger partial charge in [-0.1, -0.05) is 12.1 Å². The Morgan fingerprint density at radius 1 is 1.31 bits per heavy atom. The van der Waals surface area contributed by atoms with E-state index in [0.29, 0.717) is 24.7 Å². The van der Waals surface area contributed by atoms with Gasteiger partial charge in [-0.2, -0.15) is 5.10 Å². The van der Waals surface area contributed by atoms with E-state index in [-0.39, 0.29) is 17.3 Å². The van der Waals surface area contributed by atoms with Crippen molar-refractivity contribution in [1.29, 1.82) is 0 Å². The van der Waals surface area contributed by atoms with Crippen LogP contribution < -0.4 is 5.56 Å². The van der Waals surface area contributed by atoms with E-state index in [1.165, 1.54) is 22.9 Å². The summed E-state index contributed by atoms with van der Waals surface area (Å²) < 4.78 is 14.6. The first kappa shape index (κ1) is 21.2. The average molecular weight is 400 g/mol. The van der Waals surface area contributed by atoms with Gasteiger partial charge in [0.1, 0.15) is 11.5 Å². The molecule has 156 valence electrons. The molecule has 29 heavy (non-hydrogen) atoms. The summed E-state index contributed by atoms with van der Waals surface area (Å²) in [5.74, 6) is 0.0656. The number of halogens is 1. The number of carbonyl (C=O) groups is 1. The number of benzene rings is 1. The predicted octanol–water partition coefficient (Wildman–Crippen LogP) is 2.34. The number of hydrogen-bond acceptors (Lipinski definition) is 4. The Morgan fingerprint density at radius 2 is 2.14 bits per heavy atom. The summed E-state index contributed by atoms with van der Waals surface area (Å²) >= 11 is 0. The van der Waals surface area contributed by atoms with Gasteiger partial charge < -0.3 is 9.80 Å². The summed E-state index contributed by atoms with van der Waals surface area (Å²) in [6.07, 6.45) is 3.00. The molecule has 0 aliphatic carbocycles. The van der Waals surface area contributed by atoms with Gasteiger partial charge >= 0.3 is 0 Å². The highest BCUT2D eigenvalue weighted by Gasteiger charge is 2.25. The van der Waals surface area contributed by atoms with E-state index >= 15 is 0 Å². The monoisotopic (exact) mass is 400 g/mol. The second-order valence-electron chi connectivity index (χ2n) is 7.71. The van der Waals surface area contributed by atoms with Crippen LogP contribution in [0, 0.1) is 11.7 Å².